The number of rotatable bonds is 20. The maximum atomic E-state index is 15.6. The van der Waals surface area contributed by atoms with Gasteiger partial charge in [0.1, 0.15) is 63.0 Å². The predicted molar refractivity (Wildman–Crippen MR) is 347 cm³/mol. The Morgan fingerprint density at radius 3 is 0.676 bits per heavy atom. The van der Waals surface area contributed by atoms with Gasteiger partial charge in [0.2, 0.25) is 0 Å². The molecule has 15 rings (SSSR count). The number of amides is 16. The number of hydrogen-bond acceptors (Lipinski definition) is 20. The van der Waals surface area contributed by atoms with E-state index in [1.54, 1.807) is 27.7 Å². The van der Waals surface area contributed by atoms with Crippen molar-refractivity contribution in [1.29, 1.82) is 0 Å². The molecule has 0 aromatic heterocycles. The average molecular weight is 1610 g/mol. The molecule has 2 aromatic rings. The molecule has 0 bridgehead atoms. The summed E-state index contributed by atoms with van der Waals surface area (Å²) in [7, 11) is -17.5. The minimum absolute atomic E-state index is 0. The Morgan fingerprint density at radius 1 is 0.314 bits per heavy atom. The molecule has 0 spiro atoms. The summed E-state index contributed by atoms with van der Waals surface area (Å²) < 4.78 is 155. The van der Waals surface area contributed by atoms with Crippen LogP contribution in [0.2, 0.25) is 0 Å². The van der Waals surface area contributed by atoms with Crippen LogP contribution < -0.4 is 18.9 Å². The van der Waals surface area contributed by atoms with E-state index in [0.29, 0.717) is 22.3 Å². The van der Waals surface area contributed by atoms with Gasteiger partial charge in [-0.05, 0) is 77.6 Å². The number of urea groups is 8. The van der Waals surface area contributed by atoms with Crippen LogP contribution in [0.5, 0.6) is 23.0 Å². The van der Waals surface area contributed by atoms with Crippen molar-refractivity contribution in [3.05, 3.63) is 46.5 Å². The maximum Gasteiger partial charge on any atom is 2.00 e. The van der Waals surface area contributed by atoms with Gasteiger partial charge in [-0.3, -0.25) is 96.6 Å². The second kappa shape index (κ2) is 27.2. The number of carbonyl (C=O) groups excluding carboxylic acids is 8. The molecule has 40 nitrogen and oxygen atoms in total. The standard InChI is InChI=1S/C54H68N16O24S4.4Ca/c1-51-53(3)67-27-59-41-39-55(43(59)71)25-57-40-42-61(45(57)73)29-69-49(77)65-23-33-34(38(94-16-8-20-98(88,89)90)12-11-37(33)93-15-7-19-97(85,86)87)24-66-50(78)70(54(69,4)52(65,66)2)30-62(42)46(74)58(40)26-56(39)44(72)60(41)28-68(53)48(76)64(51)22-32-31(21-63(51)47(67)75)35(91-13-5-17-95(79,80)81)9-10-36(32)92-14-6-18-96(82,83)84;;;;/h9-12,39-42H,5-8,13-30H2,1-4H3,(H,79,80,81)(H,82,83,84)(H,85,86,87)(H,88,89,90);;;;/q;4*+2. The number of ether oxygens (including phenoxy) is 4. The first-order valence-corrected chi connectivity index (χ1v) is 37.7. The molecule has 11 saturated heterocycles. The molecule has 0 saturated carbocycles. The van der Waals surface area contributed by atoms with Gasteiger partial charge in [0.25, 0.3) is 40.5 Å². The third kappa shape index (κ3) is 11.8. The second-order valence-corrected chi connectivity index (χ2v) is 32.9. The summed E-state index contributed by atoms with van der Waals surface area (Å²) in [4.78, 5) is 146. The molecule has 0 aliphatic carbocycles. The fourth-order valence-electron chi connectivity index (χ4n) is 16.9. The van der Waals surface area contributed by atoms with E-state index in [1.165, 1.54) is 103 Å². The Hall–Kier alpha value is -3.52. The van der Waals surface area contributed by atoms with Crippen LogP contribution >= 0.6 is 0 Å². The molecule has 532 valence electrons. The van der Waals surface area contributed by atoms with Gasteiger partial charge in [0.15, 0.2) is 47.3 Å². The van der Waals surface area contributed by atoms with Gasteiger partial charge in [0.05, 0.1) is 75.6 Å². The van der Waals surface area contributed by atoms with Crippen molar-refractivity contribution in [2.24, 2.45) is 0 Å². The Bertz CT molecular complexity index is 3900. The largest absolute Gasteiger partial charge is 2.00 e. The van der Waals surface area contributed by atoms with E-state index in [-0.39, 0.29) is 252 Å². The quantitative estimate of drug-likeness (QED) is 0.0657. The van der Waals surface area contributed by atoms with E-state index in [1.807, 2.05) is 0 Å². The van der Waals surface area contributed by atoms with Gasteiger partial charge < -0.3 is 18.9 Å². The topological polar surface area (TPSA) is 443 Å². The van der Waals surface area contributed by atoms with E-state index in [9.17, 15) is 51.9 Å². The summed E-state index contributed by atoms with van der Waals surface area (Å²) in [5.74, 6) is -2.01. The Morgan fingerprint density at radius 2 is 0.490 bits per heavy atom. The molecule has 4 N–H and O–H groups in total. The Balaban J connectivity index is 0.00000261. The van der Waals surface area contributed by atoms with Gasteiger partial charge in [-0.1, -0.05) is 0 Å². The fourth-order valence-corrected chi connectivity index (χ4v) is 18.8. The number of fused-ring (bicyclic) bond motifs is 2. The molecule has 13 aliphatic rings. The van der Waals surface area contributed by atoms with Crippen LogP contribution in [0, 0.1) is 0 Å². The summed E-state index contributed by atoms with van der Waals surface area (Å²) in [6.45, 7) is 0.998. The van der Waals surface area contributed by atoms with E-state index < -0.39 is 199 Å². The molecule has 48 heteroatoms. The summed E-state index contributed by atoms with van der Waals surface area (Å²) in [5, 5.41) is 0. The van der Waals surface area contributed by atoms with Crippen molar-refractivity contribution in [3.63, 3.8) is 0 Å². The number of benzene rings is 2. The van der Waals surface area contributed by atoms with Crippen molar-refractivity contribution in [2.75, 3.05) is 89.5 Å². The molecule has 0 atom stereocenters. The smallest absolute Gasteiger partial charge is 0.493 e. The fraction of sp³-hybridized carbons (Fsp3) is 0.630. The first-order valence-electron chi connectivity index (χ1n) is 31.2. The molecule has 13 aliphatic heterocycles. The van der Waals surface area contributed by atoms with Gasteiger partial charge in [-0.25, -0.2) is 38.4 Å². The van der Waals surface area contributed by atoms with Gasteiger partial charge >= 0.3 is 199 Å². The van der Waals surface area contributed by atoms with Crippen molar-refractivity contribution in [2.45, 2.75) is 127 Å². The molecule has 0 radical (unpaired) electrons. The van der Waals surface area contributed by atoms with Crippen LogP contribution in [-0.2, 0) is 66.7 Å². The zero-order valence-electron chi connectivity index (χ0n) is 55.7. The summed E-state index contributed by atoms with van der Waals surface area (Å²) in [6, 6.07) is 0.128. The van der Waals surface area contributed by atoms with E-state index in [2.05, 4.69) is 0 Å². The molecule has 2 aromatic carbocycles. The average Bonchev–Trinajstić information content (AvgIpc) is 1.50. The normalized spacial score (nSPS) is 28.5. The Kier molecular flexibility index (Phi) is 21.2. The van der Waals surface area contributed by atoms with Crippen molar-refractivity contribution >= 4 is 240 Å². The molecule has 16 amide bonds. The summed E-state index contributed by atoms with van der Waals surface area (Å²) >= 11 is 0. The number of carbonyl (C=O) groups is 8. The van der Waals surface area contributed by atoms with Gasteiger partial charge in [0, 0.05) is 22.3 Å². The minimum Gasteiger partial charge on any atom is -0.493 e. The zero-order chi connectivity index (χ0) is 70.0. The zero-order valence-corrected chi connectivity index (χ0v) is 67.8. The van der Waals surface area contributed by atoms with Crippen LogP contribution in [0.4, 0.5) is 38.4 Å². The molecular weight excluding hydrogens is 1550 g/mol. The summed E-state index contributed by atoms with van der Waals surface area (Å²) in [5.41, 5.74) is -5.55. The van der Waals surface area contributed by atoms with Crippen molar-refractivity contribution in [3.8, 4) is 23.0 Å². The van der Waals surface area contributed by atoms with E-state index in [4.69, 9.17) is 18.9 Å². The van der Waals surface area contributed by atoms with Crippen LogP contribution in [0.15, 0.2) is 24.3 Å². The SMILES string of the molecule is CC12N3Cc4c(OCCCS(=O)(=O)O)ccc(OCCCS(=O)(=O)O)c4CN1C(=O)N1CN4C(=O)N5CN6C(=O)N7CN8C(=O)N9Cc%10c(OCCCS(=O)(=O)O)ccc(OCCCS(=O)(=O)O)c%10CN%10C(=O)N(CN%11C(=O)N(CN%12C(=O)N(CN(C3=O)C12C)C4C%125)C6C%117)C8(C)C%109C.[Ca+2].[Ca+2].[Ca+2].[Ca+2]. The number of nitrogens with zero attached hydrogens (tertiary/aromatic N) is 16. The van der Waals surface area contributed by atoms with Crippen molar-refractivity contribution < 1.29 is 109 Å². The molecule has 11 fully saturated rings. The second-order valence-electron chi connectivity index (χ2n) is 26.7. The first-order chi connectivity index (χ1) is 45.9. The van der Waals surface area contributed by atoms with Crippen LogP contribution in [0.25, 0.3) is 0 Å². The molecular formula is C54H68Ca4N16O24S4+8. The molecule has 102 heavy (non-hydrogen) atoms. The van der Waals surface area contributed by atoms with Gasteiger partial charge in [-0.2, -0.15) is 33.7 Å². The molecule has 0 unspecified atom stereocenters. The van der Waals surface area contributed by atoms with Crippen LogP contribution in [-0.4, -0.2) is 466 Å². The first kappa shape index (κ1) is 79.5. The van der Waals surface area contributed by atoms with Crippen molar-refractivity contribution in [1.82, 2.24) is 78.4 Å². The van der Waals surface area contributed by atoms with Crippen LogP contribution in [0.3, 0.4) is 0 Å². The predicted octanol–water partition coefficient (Wildman–Crippen LogP) is -1.63. The Labute approximate surface area is 704 Å². The minimum atomic E-state index is -4.38. The van der Waals surface area contributed by atoms with Gasteiger partial charge in [-0.15, -0.1) is 0 Å². The van der Waals surface area contributed by atoms with Crippen LogP contribution in [0.1, 0.15) is 75.6 Å². The van der Waals surface area contributed by atoms with E-state index in [0.717, 1.165) is 0 Å². The maximum absolute atomic E-state index is 15.6. The summed E-state index contributed by atoms with van der Waals surface area (Å²) in [6.07, 6.45) is -5.79. The molecule has 13 heterocycles. The third-order valence-electron chi connectivity index (χ3n) is 21.9. The monoisotopic (exact) mass is 1610 g/mol. The number of hydrogen-bond donors (Lipinski definition) is 4. The third-order valence-corrected chi connectivity index (χ3v) is 25.1. The van der Waals surface area contributed by atoms with E-state index >= 15 is 38.4 Å².